The molecule has 1 heterocycles. The predicted molar refractivity (Wildman–Crippen MR) is 98.7 cm³/mol. The Balaban J connectivity index is 1.80. The maximum Gasteiger partial charge on any atom is 0.191 e. The number of guanidine groups is 1. The highest BCUT2D eigenvalue weighted by atomic mass is 35.5. The first kappa shape index (κ1) is 18.1. The Kier molecular flexibility index (Phi) is 7.36. The van der Waals surface area contributed by atoms with Crippen LogP contribution in [-0.2, 0) is 12.8 Å². The van der Waals surface area contributed by atoms with E-state index in [0.29, 0.717) is 11.7 Å². The van der Waals surface area contributed by atoms with Crippen molar-refractivity contribution in [1.82, 2.24) is 15.6 Å². The van der Waals surface area contributed by atoms with Crippen molar-refractivity contribution in [3.8, 4) is 5.75 Å². The number of hydrogen-bond donors (Lipinski definition) is 3. The molecule has 2 rings (SSSR count). The van der Waals surface area contributed by atoms with E-state index >= 15 is 0 Å². The Morgan fingerprint density at radius 1 is 1.17 bits per heavy atom. The van der Waals surface area contributed by atoms with Crippen molar-refractivity contribution in [2.24, 2.45) is 4.99 Å². The smallest absolute Gasteiger partial charge is 0.191 e. The van der Waals surface area contributed by atoms with E-state index in [1.807, 2.05) is 25.1 Å². The number of nitrogens with one attached hydrogen (secondary N) is 2. The average molecular weight is 347 g/mol. The number of phenols is 1. The first-order chi connectivity index (χ1) is 11.7. The molecule has 0 unspecified atom stereocenters. The van der Waals surface area contributed by atoms with Gasteiger partial charge in [-0.1, -0.05) is 29.8 Å². The highest BCUT2D eigenvalue weighted by molar-refractivity contribution is 6.29. The van der Waals surface area contributed by atoms with E-state index in [9.17, 15) is 5.11 Å². The van der Waals surface area contributed by atoms with Crippen LogP contribution < -0.4 is 10.6 Å². The summed E-state index contributed by atoms with van der Waals surface area (Å²) in [5.74, 6) is 1.08. The number of phenolic OH excluding ortho intramolecular Hbond substituents is 1. The summed E-state index contributed by atoms with van der Waals surface area (Å²) < 4.78 is 0. The third-order valence-corrected chi connectivity index (χ3v) is 3.64. The third kappa shape index (κ3) is 6.46. The summed E-state index contributed by atoms with van der Waals surface area (Å²) in [4.78, 5) is 8.63. The fourth-order valence-corrected chi connectivity index (χ4v) is 2.34. The van der Waals surface area contributed by atoms with Gasteiger partial charge in [-0.25, -0.2) is 4.98 Å². The number of hydrogen-bond acceptors (Lipinski definition) is 3. The topological polar surface area (TPSA) is 69.5 Å². The fourth-order valence-electron chi connectivity index (χ4n) is 2.23. The van der Waals surface area contributed by atoms with Crippen molar-refractivity contribution in [3.63, 3.8) is 0 Å². The van der Waals surface area contributed by atoms with Gasteiger partial charge in [-0.05, 0) is 49.1 Å². The van der Waals surface area contributed by atoms with Gasteiger partial charge in [0.2, 0.25) is 0 Å². The molecular weight excluding hydrogens is 324 g/mol. The molecular formula is C18H23ClN4O. The van der Waals surface area contributed by atoms with Crippen LogP contribution in [0.4, 0.5) is 0 Å². The monoisotopic (exact) mass is 346 g/mol. The molecule has 0 radical (unpaired) electrons. The highest BCUT2D eigenvalue weighted by Crippen LogP contribution is 2.11. The lowest BCUT2D eigenvalue weighted by Gasteiger charge is -2.11. The van der Waals surface area contributed by atoms with Crippen molar-refractivity contribution in [2.45, 2.75) is 19.8 Å². The molecule has 0 atom stereocenters. The van der Waals surface area contributed by atoms with E-state index in [1.165, 1.54) is 0 Å². The van der Waals surface area contributed by atoms with E-state index in [2.05, 4.69) is 20.6 Å². The quantitative estimate of drug-likeness (QED) is 0.409. The summed E-state index contributed by atoms with van der Waals surface area (Å²) >= 11 is 5.78. The summed E-state index contributed by atoms with van der Waals surface area (Å²) in [5.41, 5.74) is 2.20. The number of halogens is 1. The van der Waals surface area contributed by atoms with Gasteiger partial charge in [-0.15, -0.1) is 0 Å². The molecule has 0 fully saturated rings. The number of pyridine rings is 1. The van der Waals surface area contributed by atoms with Gasteiger partial charge in [0.05, 0.1) is 0 Å². The first-order valence-corrected chi connectivity index (χ1v) is 8.45. The molecule has 24 heavy (non-hydrogen) atoms. The Bertz CT molecular complexity index is 658. The molecule has 0 spiro atoms. The first-order valence-electron chi connectivity index (χ1n) is 8.08. The van der Waals surface area contributed by atoms with E-state index in [0.717, 1.165) is 43.0 Å². The third-order valence-electron chi connectivity index (χ3n) is 3.42. The van der Waals surface area contributed by atoms with Crippen molar-refractivity contribution < 1.29 is 5.11 Å². The van der Waals surface area contributed by atoms with Crippen LogP contribution in [0.15, 0.2) is 47.6 Å². The molecule has 0 amide bonds. The molecule has 5 nitrogen and oxygen atoms in total. The summed E-state index contributed by atoms with van der Waals surface area (Å²) in [6.45, 7) is 4.26. The maximum absolute atomic E-state index is 9.47. The Morgan fingerprint density at radius 2 is 2.04 bits per heavy atom. The second kappa shape index (κ2) is 9.78. The number of aromatic nitrogens is 1. The van der Waals surface area contributed by atoms with Crippen LogP contribution in [0.2, 0.25) is 5.15 Å². The summed E-state index contributed by atoms with van der Waals surface area (Å²) in [6.07, 6.45) is 3.42. The van der Waals surface area contributed by atoms with Crippen LogP contribution >= 0.6 is 11.6 Å². The highest BCUT2D eigenvalue weighted by Gasteiger charge is 1.99. The van der Waals surface area contributed by atoms with Crippen LogP contribution in [0, 0.1) is 0 Å². The zero-order chi connectivity index (χ0) is 17.2. The Morgan fingerprint density at radius 3 is 2.75 bits per heavy atom. The maximum atomic E-state index is 9.47. The minimum Gasteiger partial charge on any atom is -0.508 e. The lowest BCUT2D eigenvalue weighted by molar-refractivity contribution is 0.474. The van der Waals surface area contributed by atoms with E-state index in [1.54, 1.807) is 24.4 Å². The van der Waals surface area contributed by atoms with Gasteiger partial charge in [0, 0.05) is 25.8 Å². The molecule has 6 heteroatoms. The van der Waals surface area contributed by atoms with Gasteiger partial charge in [-0.3, -0.25) is 4.99 Å². The number of benzene rings is 1. The molecule has 1 aromatic carbocycles. The number of aromatic hydroxyl groups is 1. The largest absolute Gasteiger partial charge is 0.508 e. The average Bonchev–Trinajstić information content (AvgIpc) is 2.57. The van der Waals surface area contributed by atoms with Crippen LogP contribution in [-0.4, -0.2) is 35.7 Å². The van der Waals surface area contributed by atoms with Gasteiger partial charge >= 0.3 is 0 Å². The predicted octanol–water partition coefficient (Wildman–Crippen LogP) is 2.78. The standard InChI is InChI=1S/C18H23ClN4O/c1-2-20-18(21-10-8-14-4-3-5-16(24)12-14)22-11-9-15-6-7-17(19)23-13-15/h3-7,12-13,24H,2,8-11H2,1H3,(H2,20,21,22). The minimum atomic E-state index is 0.290. The van der Waals surface area contributed by atoms with Crippen LogP contribution in [0.5, 0.6) is 5.75 Å². The van der Waals surface area contributed by atoms with E-state index in [4.69, 9.17) is 11.6 Å². The Hall–Kier alpha value is -2.27. The van der Waals surface area contributed by atoms with Crippen molar-refractivity contribution in [2.75, 3.05) is 19.6 Å². The minimum absolute atomic E-state index is 0.290. The van der Waals surface area contributed by atoms with Gasteiger partial charge in [0.15, 0.2) is 5.96 Å². The lowest BCUT2D eigenvalue weighted by Crippen LogP contribution is -2.38. The lowest BCUT2D eigenvalue weighted by atomic mass is 10.1. The van der Waals surface area contributed by atoms with Crippen molar-refractivity contribution in [1.29, 1.82) is 0 Å². The van der Waals surface area contributed by atoms with Gasteiger partial charge < -0.3 is 15.7 Å². The fraction of sp³-hybridized carbons (Fsp3) is 0.333. The molecule has 0 saturated heterocycles. The Labute approximate surface area is 147 Å². The molecule has 3 N–H and O–H groups in total. The van der Waals surface area contributed by atoms with Crippen LogP contribution in [0.25, 0.3) is 0 Å². The van der Waals surface area contributed by atoms with Crippen LogP contribution in [0.1, 0.15) is 18.1 Å². The number of nitrogens with zero attached hydrogens (tertiary/aromatic N) is 2. The van der Waals surface area contributed by atoms with Gasteiger partial charge in [0.1, 0.15) is 10.9 Å². The van der Waals surface area contributed by atoms with Crippen molar-refractivity contribution in [3.05, 3.63) is 58.9 Å². The molecule has 2 aromatic rings. The zero-order valence-corrected chi connectivity index (χ0v) is 14.6. The zero-order valence-electron chi connectivity index (χ0n) is 13.8. The molecule has 0 aliphatic carbocycles. The molecule has 0 aliphatic heterocycles. The van der Waals surface area contributed by atoms with E-state index < -0.39 is 0 Å². The summed E-state index contributed by atoms with van der Waals surface area (Å²) in [6, 6.07) is 11.0. The SMILES string of the molecule is CCNC(=NCCc1cccc(O)c1)NCCc1ccc(Cl)nc1. The van der Waals surface area contributed by atoms with Crippen LogP contribution in [0.3, 0.4) is 0 Å². The second-order valence-electron chi connectivity index (χ2n) is 5.35. The van der Waals surface area contributed by atoms with E-state index in [-0.39, 0.29) is 5.75 Å². The normalized spacial score (nSPS) is 11.3. The molecule has 1 aromatic heterocycles. The molecule has 0 aliphatic rings. The summed E-state index contributed by atoms with van der Waals surface area (Å²) in [7, 11) is 0. The van der Waals surface area contributed by atoms with Gasteiger partial charge in [-0.2, -0.15) is 0 Å². The molecule has 0 bridgehead atoms. The number of rotatable bonds is 7. The molecule has 128 valence electrons. The van der Waals surface area contributed by atoms with Gasteiger partial charge in [0.25, 0.3) is 0 Å². The summed E-state index contributed by atoms with van der Waals surface area (Å²) in [5, 5.41) is 16.5. The number of aliphatic imine (C=N–C) groups is 1. The second-order valence-corrected chi connectivity index (χ2v) is 5.73. The van der Waals surface area contributed by atoms with Crippen molar-refractivity contribution >= 4 is 17.6 Å². The molecule has 0 saturated carbocycles.